The van der Waals surface area contributed by atoms with E-state index < -0.39 is 0 Å². The second-order valence-corrected chi connectivity index (χ2v) is 16.6. The van der Waals surface area contributed by atoms with Crippen LogP contribution in [0.5, 0.6) is 0 Å². The van der Waals surface area contributed by atoms with Crippen LogP contribution in [0.4, 0.5) is 0 Å². The summed E-state index contributed by atoms with van der Waals surface area (Å²) in [6.45, 7) is 4.86. The van der Waals surface area contributed by atoms with Gasteiger partial charge in [0.2, 0.25) is 0 Å². The minimum atomic E-state index is -0.265. The number of nitrogens with zero attached hydrogens (tertiary/aromatic N) is 3. The number of benzene rings is 9. The Kier molecular flexibility index (Phi) is 7.61. The quantitative estimate of drug-likeness (QED) is 0.174. The van der Waals surface area contributed by atoms with Crippen molar-refractivity contribution in [3.63, 3.8) is 0 Å². The molecule has 1 aliphatic heterocycles. The SMILES string of the molecule is CC1(C)c2c(c3ccccc3c3ccccc23)-c2ccc3c4ccccc4n(-c4cccc(-c5cccc(C6=NC(c7ccccc7)=NC(c7ccccc7)N6)c5)c4)c3c21. The summed E-state index contributed by atoms with van der Waals surface area (Å²) in [5.74, 6) is 1.52. The van der Waals surface area contributed by atoms with E-state index >= 15 is 0 Å². The van der Waals surface area contributed by atoms with Gasteiger partial charge >= 0.3 is 0 Å². The summed E-state index contributed by atoms with van der Waals surface area (Å²) in [6, 6.07) is 70.0. The van der Waals surface area contributed by atoms with E-state index in [9.17, 15) is 0 Å². The lowest BCUT2D eigenvalue weighted by atomic mass is 9.78. The molecule has 1 N–H and O–H groups in total. The fourth-order valence-electron chi connectivity index (χ4n) is 10.2. The lowest BCUT2D eigenvalue weighted by Gasteiger charge is -2.25. The average Bonchev–Trinajstić information content (AvgIpc) is 3.78. The third-order valence-electron chi connectivity index (χ3n) is 12.8. The van der Waals surface area contributed by atoms with E-state index in [2.05, 4.69) is 194 Å². The highest BCUT2D eigenvalue weighted by Crippen LogP contribution is 2.57. The van der Waals surface area contributed by atoms with E-state index in [0.29, 0.717) is 0 Å². The van der Waals surface area contributed by atoms with Gasteiger partial charge in [0.25, 0.3) is 0 Å². The van der Waals surface area contributed by atoms with Gasteiger partial charge in [-0.05, 0) is 84.8 Å². The van der Waals surface area contributed by atoms with E-state index in [1.165, 1.54) is 65.6 Å². The zero-order valence-electron chi connectivity index (χ0n) is 33.4. The molecular formula is C56H40N4. The molecule has 0 radical (unpaired) electrons. The van der Waals surface area contributed by atoms with Gasteiger partial charge in [0.1, 0.15) is 12.0 Å². The van der Waals surface area contributed by atoms with Gasteiger partial charge in [-0.3, -0.25) is 0 Å². The maximum Gasteiger partial charge on any atom is 0.159 e. The lowest BCUT2D eigenvalue weighted by molar-refractivity contribution is 0.670. The molecule has 0 spiro atoms. The average molecular weight is 769 g/mol. The van der Waals surface area contributed by atoms with Crippen LogP contribution in [0.1, 0.15) is 47.8 Å². The topological polar surface area (TPSA) is 41.7 Å². The number of aromatic nitrogens is 1. The summed E-state index contributed by atoms with van der Waals surface area (Å²) in [4.78, 5) is 10.2. The number of amidine groups is 2. The van der Waals surface area contributed by atoms with Gasteiger partial charge in [0.05, 0.1) is 11.0 Å². The van der Waals surface area contributed by atoms with Gasteiger partial charge in [-0.2, -0.15) is 0 Å². The molecule has 0 bridgehead atoms. The van der Waals surface area contributed by atoms with Gasteiger partial charge in [-0.1, -0.05) is 184 Å². The van der Waals surface area contributed by atoms with E-state index in [0.717, 1.165) is 45.2 Å². The van der Waals surface area contributed by atoms with Crippen LogP contribution in [0.25, 0.3) is 71.3 Å². The Labute approximate surface area is 348 Å². The van der Waals surface area contributed by atoms with Gasteiger partial charge in [0.15, 0.2) is 5.84 Å². The molecule has 1 atom stereocenters. The van der Waals surface area contributed by atoms with E-state index in [-0.39, 0.29) is 11.6 Å². The zero-order valence-corrected chi connectivity index (χ0v) is 33.4. The standard InChI is InChI=1S/C56H40N4/c1-56(2)50-45-29-12-10-26-42(45)41-25-9-11-28-44(41)49(50)47-32-31-46-43-27-13-14-30-48(43)60(52(46)51(47)56)40-24-16-22-38(34-40)37-21-15-23-39(33-37)55-58-53(35-17-5-3-6-18-35)57-54(59-55)36-19-7-4-8-20-36/h3-34,53H,1-2H3,(H,57,58,59). The normalized spacial score (nSPS) is 15.5. The third-order valence-corrected chi connectivity index (χ3v) is 12.8. The molecule has 0 saturated heterocycles. The van der Waals surface area contributed by atoms with Gasteiger partial charge < -0.3 is 9.88 Å². The number of hydrogen-bond donors (Lipinski definition) is 1. The highest BCUT2D eigenvalue weighted by molar-refractivity contribution is 6.21. The Bertz CT molecular complexity index is 3430. The monoisotopic (exact) mass is 768 g/mol. The molecule has 1 unspecified atom stereocenters. The number of para-hydroxylation sites is 1. The van der Waals surface area contributed by atoms with Crippen molar-refractivity contribution in [2.45, 2.75) is 25.4 Å². The summed E-state index contributed by atoms with van der Waals surface area (Å²) in [5, 5.41) is 11.5. The highest BCUT2D eigenvalue weighted by Gasteiger charge is 2.41. The van der Waals surface area contributed by atoms with Crippen LogP contribution in [0.2, 0.25) is 0 Å². The van der Waals surface area contributed by atoms with Crippen LogP contribution >= 0.6 is 0 Å². The van der Waals surface area contributed by atoms with Crippen LogP contribution in [0.3, 0.4) is 0 Å². The smallest absolute Gasteiger partial charge is 0.159 e. The van der Waals surface area contributed by atoms with Crippen molar-refractivity contribution >= 4 is 55.0 Å². The van der Waals surface area contributed by atoms with Crippen LogP contribution in [-0.2, 0) is 5.41 Å². The van der Waals surface area contributed by atoms with Gasteiger partial charge in [-0.15, -0.1) is 0 Å². The van der Waals surface area contributed by atoms with Crippen molar-refractivity contribution in [3.8, 4) is 27.9 Å². The Morgan fingerprint density at radius 3 is 1.87 bits per heavy atom. The maximum absolute atomic E-state index is 5.11. The molecule has 284 valence electrons. The van der Waals surface area contributed by atoms with Crippen LogP contribution < -0.4 is 5.32 Å². The Hall–Kier alpha value is -7.56. The minimum Gasteiger partial charge on any atom is -0.344 e. The van der Waals surface area contributed by atoms with Crippen molar-refractivity contribution in [1.82, 2.24) is 9.88 Å². The summed E-state index contributed by atoms with van der Waals surface area (Å²) in [6.07, 6.45) is -0.260. The molecule has 0 fully saturated rings. The predicted molar refractivity (Wildman–Crippen MR) is 251 cm³/mol. The van der Waals surface area contributed by atoms with E-state index in [1.807, 2.05) is 24.3 Å². The van der Waals surface area contributed by atoms with Crippen molar-refractivity contribution in [2.75, 3.05) is 0 Å². The van der Waals surface area contributed by atoms with Crippen molar-refractivity contribution in [2.24, 2.45) is 9.98 Å². The first-order chi connectivity index (χ1) is 29.5. The van der Waals surface area contributed by atoms with E-state index in [1.54, 1.807) is 0 Å². The summed E-state index contributed by atoms with van der Waals surface area (Å²) in [7, 11) is 0. The molecule has 2 aliphatic rings. The van der Waals surface area contributed by atoms with Crippen molar-refractivity contribution in [1.29, 1.82) is 0 Å². The summed E-state index contributed by atoms with van der Waals surface area (Å²) >= 11 is 0. The van der Waals surface area contributed by atoms with E-state index in [4.69, 9.17) is 9.98 Å². The number of rotatable bonds is 5. The molecule has 2 heterocycles. The molecule has 60 heavy (non-hydrogen) atoms. The van der Waals surface area contributed by atoms with Crippen molar-refractivity contribution in [3.05, 3.63) is 222 Å². The van der Waals surface area contributed by atoms with Gasteiger partial charge in [-0.25, -0.2) is 9.98 Å². The molecule has 10 aromatic rings. The predicted octanol–water partition coefficient (Wildman–Crippen LogP) is 13.6. The number of fused-ring (bicyclic) bond motifs is 12. The van der Waals surface area contributed by atoms with Crippen LogP contribution in [0.15, 0.2) is 204 Å². The van der Waals surface area contributed by atoms with Gasteiger partial charge in [0, 0.05) is 33.0 Å². The van der Waals surface area contributed by atoms with Crippen molar-refractivity contribution < 1.29 is 0 Å². The Balaban J connectivity index is 1.03. The summed E-state index contributed by atoms with van der Waals surface area (Å²) in [5.41, 5.74) is 14.2. The molecule has 0 saturated carbocycles. The lowest BCUT2D eigenvalue weighted by Crippen LogP contribution is -2.33. The van der Waals surface area contributed by atoms with Crippen LogP contribution in [0, 0.1) is 0 Å². The third kappa shape index (κ3) is 5.17. The largest absolute Gasteiger partial charge is 0.344 e. The zero-order chi connectivity index (χ0) is 40.0. The maximum atomic E-state index is 5.11. The second-order valence-electron chi connectivity index (χ2n) is 16.6. The molecule has 12 rings (SSSR count). The highest BCUT2D eigenvalue weighted by atomic mass is 15.2. The number of nitrogens with one attached hydrogen (secondary N) is 1. The first kappa shape index (κ1) is 34.5. The molecule has 9 aromatic carbocycles. The van der Waals surface area contributed by atoms with Crippen LogP contribution in [-0.4, -0.2) is 16.2 Å². The molecule has 0 amide bonds. The summed E-state index contributed by atoms with van der Waals surface area (Å²) < 4.78 is 2.52. The number of aliphatic imine (C=N–C) groups is 2. The number of hydrogen-bond acceptors (Lipinski definition) is 3. The fourth-order valence-corrected chi connectivity index (χ4v) is 10.2. The molecular weight excluding hydrogens is 729 g/mol. The molecule has 1 aromatic heterocycles. The Morgan fingerprint density at radius 2 is 1.08 bits per heavy atom. The second kappa shape index (κ2) is 13.2. The molecule has 4 nitrogen and oxygen atoms in total. The molecule has 1 aliphatic carbocycles. The minimum absolute atomic E-state index is 0.260. The fraction of sp³-hybridized carbons (Fsp3) is 0.0714. The first-order valence-corrected chi connectivity index (χ1v) is 20.8. The molecule has 4 heteroatoms. The Morgan fingerprint density at radius 1 is 0.483 bits per heavy atom. The first-order valence-electron chi connectivity index (χ1n) is 20.8.